The molecular weight excluding hydrogens is 248 g/mol. The fourth-order valence-corrected chi connectivity index (χ4v) is 2.81. The van der Waals surface area contributed by atoms with Gasteiger partial charge < -0.3 is 15.0 Å². The molecule has 1 aromatic rings. The van der Waals surface area contributed by atoms with Gasteiger partial charge in [0.1, 0.15) is 5.75 Å². The molecule has 0 aliphatic carbocycles. The number of aryl methyl sites for hydroxylation is 1. The van der Waals surface area contributed by atoms with Crippen molar-refractivity contribution >= 4 is 0 Å². The standard InChI is InChI=1S/C17H28N2O/c1-14-8-6-9-15-16(10-7-13-20-17(14)15)18-11-4-5-12-19(2)3/h6,8-9,16,18H,4-5,7,10-13H2,1-3H3. The number of benzene rings is 1. The molecular formula is C17H28N2O. The first-order valence-electron chi connectivity index (χ1n) is 7.79. The Hall–Kier alpha value is -1.06. The maximum Gasteiger partial charge on any atom is 0.126 e. The molecule has 1 unspecified atom stereocenters. The highest BCUT2D eigenvalue weighted by Crippen LogP contribution is 2.33. The van der Waals surface area contributed by atoms with E-state index >= 15 is 0 Å². The summed E-state index contributed by atoms with van der Waals surface area (Å²) in [5, 5.41) is 3.72. The van der Waals surface area contributed by atoms with Crippen molar-refractivity contribution < 1.29 is 4.74 Å². The molecule has 1 aliphatic heterocycles. The predicted octanol–water partition coefficient (Wildman–Crippen LogP) is 3.14. The normalized spacial score (nSPS) is 18.5. The van der Waals surface area contributed by atoms with E-state index < -0.39 is 0 Å². The lowest BCUT2D eigenvalue weighted by Crippen LogP contribution is -2.23. The van der Waals surface area contributed by atoms with Crippen molar-refractivity contribution in [3.8, 4) is 5.75 Å². The Kier molecular flexibility index (Phi) is 5.86. The third kappa shape index (κ3) is 4.22. The Morgan fingerprint density at radius 1 is 1.30 bits per heavy atom. The van der Waals surface area contributed by atoms with Crippen LogP contribution < -0.4 is 10.1 Å². The average Bonchev–Trinajstić information content (AvgIpc) is 2.62. The van der Waals surface area contributed by atoms with Gasteiger partial charge >= 0.3 is 0 Å². The SMILES string of the molecule is Cc1cccc2c1OCCCC2NCCCCN(C)C. The van der Waals surface area contributed by atoms with Gasteiger partial charge in [-0.05, 0) is 65.4 Å². The minimum atomic E-state index is 0.451. The molecule has 0 spiro atoms. The van der Waals surface area contributed by atoms with Gasteiger partial charge in [-0.1, -0.05) is 18.2 Å². The molecule has 1 atom stereocenters. The molecule has 20 heavy (non-hydrogen) atoms. The molecule has 1 aliphatic rings. The van der Waals surface area contributed by atoms with Gasteiger partial charge in [-0.2, -0.15) is 0 Å². The monoisotopic (exact) mass is 276 g/mol. The van der Waals surface area contributed by atoms with Gasteiger partial charge in [0.25, 0.3) is 0 Å². The van der Waals surface area contributed by atoms with Crippen LogP contribution in [0.25, 0.3) is 0 Å². The molecule has 0 radical (unpaired) electrons. The quantitative estimate of drug-likeness (QED) is 0.808. The molecule has 3 nitrogen and oxygen atoms in total. The second-order valence-electron chi connectivity index (χ2n) is 6.00. The third-order valence-corrected chi connectivity index (χ3v) is 3.92. The van der Waals surface area contributed by atoms with Gasteiger partial charge in [0, 0.05) is 11.6 Å². The summed E-state index contributed by atoms with van der Waals surface area (Å²) in [5.74, 6) is 1.11. The van der Waals surface area contributed by atoms with Crippen LogP contribution in [0.2, 0.25) is 0 Å². The van der Waals surface area contributed by atoms with Crippen molar-refractivity contribution in [2.75, 3.05) is 33.8 Å². The summed E-state index contributed by atoms with van der Waals surface area (Å²) < 4.78 is 5.92. The molecule has 3 heteroatoms. The van der Waals surface area contributed by atoms with Gasteiger partial charge in [0.05, 0.1) is 6.61 Å². The van der Waals surface area contributed by atoms with Crippen LogP contribution in [0, 0.1) is 6.92 Å². The maximum atomic E-state index is 5.92. The molecule has 0 aromatic heterocycles. The molecule has 0 saturated heterocycles. The molecule has 2 rings (SSSR count). The van der Waals surface area contributed by atoms with E-state index in [0.717, 1.165) is 25.3 Å². The first kappa shape index (κ1) is 15.3. The Bertz CT molecular complexity index is 417. The minimum Gasteiger partial charge on any atom is -0.493 e. The number of para-hydroxylation sites is 1. The first-order chi connectivity index (χ1) is 9.68. The molecule has 0 amide bonds. The van der Waals surface area contributed by atoms with E-state index in [1.54, 1.807) is 0 Å². The van der Waals surface area contributed by atoms with E-state index in [0.29, 0.717) is 6.04 Å². The lowest BCUT2D eigenvalue weighted by atomic mass is 9.99. The molecule has 112 valence electrons. The van der Waals surface area contributed by atoms with Gasteiger partial charge in [0.2, 0.25) is 0 Å². The van der Waals surface area contributed by atoms with Crippen LogP contribution in [-0.2, 0) is 0 Å². The summed E-state index contributed by atoms with van der Waals surface area (Å²) in [6.07, 6.45) is 4.79. The van der Waals surface area contributed by atoms with E-state index in [9.17, 15) is 0 Å². The second kappa shape index (κ2) is 7.65. The van der Waals surface area contributed by atoms with Crippen LogP contribution in [0.15, 0.2) is 18.2 Å². The zero-order chi connectivity index (χ0) is 14.4. The van der Waals surface area contributed by atoms with E-state index in [2.05, 4.69) is 49.4 Å². The van der Waals surface area contributed by atoms with Gasteiger partial charge in [-0.15, -0.1) is 0 Å². The topological polar surface area (TPSA) is 24.5 Å². The van der Waals surface area contributed by atoms with E-state index in [1.807, 2.05) is 0 Å². The lowest BCUT2D eigenvalue weighted by Gasteiger charge is -2.19. The Morgan fingerprint density at radius 3 is 2.95 bits per heavy atom. The van der Waals surface area contributed by atoms with E-state index in [-0.39, 0.29) is 0 Å². The number of hydrogen-bond donors (Lipinski definition) is 1. The summed E-state index contributed by atoms with van der Waals surface area (Å²) in [7, 11) is 4.27. The van der Waals surface area contributed by atoms with Crippen molar-refractivity contribution in [2.24, 2.45) is 0 Å². The fourth-order valence-electron chi connectivity index (χ4n) is 2.81. The molecule has 1 N–H and O–H groups in total. The van der Waals surface area contributed by atoms with Gasteiger partial charge in [-0.3, -0.25) is 0 Å². The zero-order valence-corrected chi connectivity index (χ0v) is 13.1. The van der Waals surface area contributed by atoms with Crippen LogP contribution in [0.1, 0.15) is 42.9 Å². The molecule has 0 fully saturated rings. The number of nitrogens with zero attached hydrogens (tertiary/aromatic N) is 1. The Balaban J connectivity index is 1.90. The van der Waals surface area contributed by atoms with Crippen molar-refractivity contribution in [1.29, 1.82) is 0 Å². The summed E-state index contributed by atoms with van der Waals surface area (Å²) in [6, 6.07) is 6.94. The Morgan fingerprint density at radius 2 is 2.15 bits per heavy atom. The minimum absolute atomic E-state index is 0.451. The van der Waals surface area contributed by atoms with Crippen LogP contribution in [-0.4, -0.2) is 38.7 Å². The molecule has 1 heterocycles. The Labute approximate surface area is 123 Å². The highest BCUT2D eigenvalue weighted by Gasteiger charge is 2.20. The lowest BCUT2D eigenvalue weighted by molar-refractivity contribution is 0.313. The largest absolute Gasteiger partial charge is 0.493 e. The van der Waals surface area contributed by atoms with Crippen LogP contribution in [0.4, 0.5) is 0 Å². The number of nitrogens with one attached hydrogen (secondary N) is 1. The summed E-state index contributed by atoms with van der Waals surface area (Å²) >= 11 is 0. The van der Waals surface area contributed by atoms with Crippen LogP contribution in [0.5, 0.6) is 5.75 Å². The number of unbranched alkanes of at least 4 members (excludes halogenated alkanes) is 1. The fraction of sp³-hybridized carbons (Fsp3) is 0.647. The zero-order valence-electron chi connectivity index (χ0n) is 13.1. The van der Waals surface area contributed by atoms with Gasteiger partial charge in [-0.25, -0.2) is 0 Å². The molecule has 0 saturated carbocycles. The third-order valence-electron chi connectivity index (χ3n) is 3.92. The number of rotatable bonds is 6. The summed E-state index contributed by atoms with van der Waals surface area (Å²) in [6.45, 7) is 5.24. The number of ether oxygens (including phenoxy) is 1. The highest BCUT2D eigenvalue weighted by molar-refractivity contribution is 5.43. The predicted molar refractivity (Wildman–Crippen MR) is 84.4 cm³/mol. The van der Waals surface area contributed by atoms with Crippen molar-refractivity contribution in [3.05, 3.63) is 29.3 Å². The second-order valence-corrected chi connectivity index (χ2v) is 6.00. The van der Waals surface area contributed by atoms with E-state index in [4.69, 9.17) is 4.74 Å². The number of hydrogen-bond acceptors (Lipinski definition) is 3. The van der Waals surface area contributed by atoms with E-state index in [1.165, 1.54) is 36.9 Å². The molecule has 1 aromatic carbocycles. The first-order valence-corrected chi connectivity index (χ1v) is 7.79. The average molecular weight is 276 g/mol. The number of fused-ring (bicyclic) bond motifs is 1. The van der Waals surface area contributed by atoms with Crippen LogP contribution in [0.3, 0.4) is 0 Å². The highest BCUT2D eigenvalue weighted by atomic mass is 16.5. The molecule has 0 bridgehead atoms. The van der Waals surface area contributed by atoms with Crippen molar-refractivity contribution in [1.82, 2.24) is 10.2 Å². The van der Waals surface area contributed by atoms with Gasteiger partial charge in [0.15, 0.2) is 0 Å². The smallest absolute Gasteiger partial charge is 0.126 e. The summed E-state index contributed by atoms with van der Waals surface area (Å²) in [5.41, 5.74) is 2.60. The van der Waals surface area contributed by atoms with Crippen molar-refractivity contribution in [2.45, 2.75) is 38.6 Å². The maximum absolute atomic E-state index is 5.92. The van der Waals surface area contributed by atoms with Crippen molar-refractivity contribution in [3.63, 3.8) is 0 Å². The summed E-state index contributed by atoms with van der Waals surface area (Å²) in [4.78, 5) is 2.25. The van der Waals surface area contributed by atoms with Crippen LogP contribution >= 0.6 is 0 Å².